The van der Waals surface area contributed by atoms with Crippen LogP contribution in [0.1, 0.15) is 94.6 Å². The molecule has 0 unspecified atom stereocenters. The van der Waals surface area contributed by atoms with Gasteiger partial charge in [0.05, 0.1) is 25.3 Å². The number of fused-ring (bicyclic) bond motifs is 1. The maximum absolute atomic E-state index is 13.1. The molecule has 250 valence electrons. The van der Waals surface area contributed by atoms with Gasteiger partial charge in [-0.15, -0.1) is 0 Å². The summed E-state index contributed by atoms with van der Waals surface area (Å²) in [5.74, 6) is 1.33. The Balaban J connectivity index is 1.09. The molecule has 2 heterocycles. The summed E-state index contributed by atoms with van der Waals surface area (Å²) in [5, 5.41) is 44.0. The lowest BCUT2D eigenvalue weighted by Gasteiger charge is -2.39. The van der Waals surface area contributed by atoms with E-state index in [1.165, 1.54) is 5.56 Å². The van der Waals surface area contributed by atoms with Crippen LogP contribution in [0.15, 0.2) is 42.5 Å². The highest BCUT2D eigenvalue weighted by molar-refractivity contribution is 5.80. The first-order valence-corrected chi connectivity index (χ1v) is 17.0. The van der Waals surface area contributed by atoms with Gasteiger partial charge in [-0.05, 0) is 106 Å². The predicted molar refractivity (Wildman–Crippen MR) is 175 cm³/mol. The molecule has 1 saturated carbocycles. The SMILES string of the molecule is CCc1ccc([C@@H]2O[C@H](C)[C@@H](O)[C@H](O)[C@H]2O)cc1Cc1ccc(OCCCC(C)(C)NCC(=O)N2[C@H](C#N)C[C@@H]3CCC[C@@H]32)cc1. The summed E-state index contributed by atoms with van der Waals surface area (Å²) in [6.07, 6.45) is 2.45. The highest BCUT2D eigenvalue weighted by Crippen LogP contribution is 2.41. The molecule has 2 saturated heterocycles. The number of aliphatic hydroxyl groups is 3. The molecule has 2 aromatic rings. The number of nitriles is 1. The molecule has 0 spiro atoms. The van der Waals surface area contributed by atoms with Gasteiger partial charge < -0.3 is 35.0 Å². The molecule has 9 nitrogen and oxygen atoms in total. The minimum absolute atomic E-state index is 0.0382. The van der Waals surface area contributed by atoms with Crippen molar-refractivity contribution in [1.82, 2.24) is 10.2 Å². The van der Waals surface area contributed by atoms with Gasteiger partial charge in [0.25, 0.3) is 0 Å². The lowest BCUT2D eigenvalue weighted by atomic mass is 9.88. The third kappa shape index (κ3) is 7.75. The van der Waals surface area contributed by atoms with E-state index in [-0.39, 0.29) is 30.1 Å². The zero-order chi connectivity index (χ0) is 33.0. The number of rotatable bonds is 12. The number of benzene rings is 2. The molecule has 5 rings (SSSR count). The first-order chi connectivity index (χ1) is 22.0. The molecule has 1 amide bonds. The summed E-state index contributed by atoms with van der Waals surface area (Å²) in [4.78, 5) is 15.0. The largest absolute Gasteiger partial charge is 0.494 e. The van der Waals surface area contributed by atoms with Gasteiger partial charge in [0.1, 0.15) is 36.2 Å². The summed E-state index contributed by atoms with van der Waals surface area (Å²) in [6.45, 7) is 8.83. The van der Waals surface area contributed by atoms with Crippen molar-refractivity contribution in [2.24, 2.45) is 5.92 Å². The number of ether oxygens (including phenoxy) is 2. The first-order valence-electron chi connectivity index (χ1n) is 17.0. The Morgan fingerprint density at radius 1 is 1.09 bits per heavy atom. The molecule has 3 aliphatic rings. The van der Waals surface area contributed by atoms with Crippen molar-refractivity contribution >= 4 is 5.91 Å². The van der Waals surface area contributed by atoms with E-state index in [2.05, 4.69) is 44.3 Å². The molecule has 0 radical (unpaired) electrons. The van der Waals surface area contributed by atoms with E-state index in [4.69, 9.17) is 9.47 Å². The van der Waals surface area contributed by atoms with Gasteiger partial charge >= 0.3 is 0 Å². The number of hydrogen-bond donors (Lipinski definition) is 4. The molecule has 0 bridgehead atoms. The second kappa shape index (κ2) is 14.8. The number of carbonyl (C=O) groups is 1. The number of amides is 1. The Labute approximate surface area is 273 Å². The number of nitrogens with zero attached hydrogens (tertiary/aromatic N) is 2. The Morgan fingerprint density at radius 3 is 2.57 bits per heavy atom. The van der Waals surface area contributed by atoms with E-state index in [0.29, 0.717) is 18.9 Å². The Kier molecular flexibility index (Phi) is 11.1. The number of aryl methyl sites for hydroxylation is 1. The van der Waals surface area contributed by atoms with Crippen molar-refractivity contribution in [2.75, 3.05) is 13.2 Å². The molecule has 0 aromatic heterocycles. The second-order valence-corrected chi connectivity index (χ2v) is 14.1. The van der Waals surface area contributed by atoms with Crippen LogP contribution in [0.4, 0.5) is 0 Å². The van der Waals surface area contributed by atoms with E-state index in [1.54, 1.807) is 6.92 Å². The first kappa shape index (κ1) is 34.3. The van der Waals surface area contributed by atoms with Gasteiger partial charge in [-0.1, -0.05) is 43.7 Å². The topological polar surface area (TPSA) is 135 Å². The van der Waals surface area contributed by atoms with Gasteiger partial charge in [-0.3, -0.25) is 4.79 Å². The Morgan fingerprint density at radius 2 is 1.85 bits per heavy atom. The Bertz CT molecular complexity index is 1370. The summed E-state index contributed by atoms with van der Waals surface area (Å²) in [5.41, 5.74) is 4.00. The lowest BCUT2D eigenvalue weighted by Crippen LogP contribution is -2.53. The molecule has 2 aliphatic heterocycles. The second-order valence-electron chi connectivity index (χ2n) is 14.1. The van der Waals surface area contributed by atoms with Gasteiger partial charge in [0.2, 0.25) is 5.91 Å². The number of hydrogen-bond acceptors (Lipinski definition) is 8. The van der Waals surface area contributed by atoms with E-state index in [0.717, 1.165) is 67.4 Å². The van der Waals surface area contributed by atoms with Crippen LogP contribution in [-0.2, 0) is 22.4 Å². The van der Waals surface area contributed by atoms with Gasteiger partial charge in [0, 0.05) is 11.6 Å². The van der Waals surface area contributed by atoms with Crippen molar-refractivity contribution < 1.29 is 29.6 Å². The third-order valence-corrected chi connectivity index (χ3v) is 10.3. The van der Waals surface area contributed by atoms with Crippen LogP contribution in [-0.4, -0.2) is 81.3 Å². The quantitative estimate of drug-likeness (QED) is 0.256. The highest BCUT2D eigenvalue weighted by atomic mass is 16.5. The van der Waals surface area contributed by atoms with Crippen molar-refractivity contribution in [3.05, 3.63) is 64.7 Å². The predicted octanol–water partition coefficient (Wildman–Crippen LogP) is 4.20. The molecule has 4 N–H and O–H groups in total. The minimum atomic E-state index is -1.26. The van der Waals surface area contributed by atoms with Crippen LogP contribution in [0.25, 0.3) is 0 Å². The fourth-order valence-electron chi connectivity index (χ4n) is 7.54. The molecule has 46 heavy (non-hydrogen) atoms. The third-order valence-electron chi connectivity index (χ3n) is 10.3. The summed E-state index contributed by atoms with van der Waals surface area (Å²) < 4.78 is 11.9. The fraction of sp³-hybridized carbons (Fsp3) is 0.622. The van der Waals surface area contributed by atoms with E-state index in [9.17, 15) is 25.4 Å². The highest BCUT2D eigenvalue weighted by Gasteiger charge is 2.46. The van der Waals surface area contributed by atoms with E-state index < -0.39 is 30.5 Å². The summed E-state index contributed by atoms with van der Waals surface area (Å²) in [7, 11) is 0. The zero-order valence-electron chi connectivity index (χ0n) is 27.7. The summed E-state index contributed by atoms with van der Waals surface area (Å²) in [6, 6.07) is 16.4. The standard InChI is InChI=1S/C37H51N3O6/c1-5-25-12-13-27(36-35(44)34(43)33(42)23(2)46-36)19-28(25)18-24-10-14-30(15-11-24)45-17-7-16-37(3,4)39-22-32(41)40-29(21-38)20-26-8-6-9-31(26)40/h10-15,19,23,26,29,31,33-36,39,42-44H,5-9,16-18,20,22H2,1-4H3/t23-,26+,29+,31+,33-,34+,35-,36+/m1/s1. The molecule has 3 fully saturated rings. The van der Waals surface area contributed by atoms with Crippen molar-refractivity contribution in [3.8, 4) is 11.8 Å². The molecule has 8 atom stereocenters. The lowest BCUT2D eigenvalue weighted by molar-refractivity contribution is -0.219. The van der Waals surface area contributed by atoms with Crippen LogP contribution < -0.4 is 10.1 Å². The van der Waals surface area contributed by atoms with E-state index in [1.807, 2.05) is 35.2 Å². The normalized spacial score (nSPS) is 29.4. The van der Waals surface area contributed by atoms with Gasteiger partial charge in [-0.2, -0.15) is 5.26 Å². The number of aliphatic hydroxyl groups excluding tert-OH is 3. The van der Waals surface area contributed by atoms with Crippen LogP contribution >= 0.6 is 0 Å². The van der Waals surface area contributed by atoms with Crippen molar-refractivity contribution in [2.45, 2.75) is 127 Å². The van der Waals surface area contributed by atoms with E-state index >= 15 is 0 Å². The average Bonchev–Trinajstić information content (AvgIpc) is 3.65. The van der Waals surface area contributed by atoms with Gasteiger partial charge in [-0.25, -0.2) is 0 Å². The molecule has 1 aliphatic carbocycles. The monoisotopic (exact) mass is 633 g/mol. The van der Waals surface area contributed by atoms with Gasteiger partial charge in [0.15, 0.2) is 0 Å². The Hall–Kier alpha value is -3.00. The number of carbonyl (C=O) groups excluding carboxylic acids is 1. The zero-order valence-corrected chi connectivity index (χ0v) is 27.7. The molecule has 9 heteroatoms. The molecule has 2 aromatic carbocycles. The number of likely N-dealkylation sites (tertiary alicyclic amines) is 1. The van der Waals surface area contributed by atoms with Crippen LogP contribution in [0.2, 0.25) is 0 Å². The molecular formula is C37H51N3O6. The maximum atomic E-state index is 13.1. The van der Waals surface area contributed by atoms with Crippen LogP contribution in [0.3, 0.4) is 0 Å². The van der Waals surface area contributed by atoms with Crippen molar-refractivity contribution in [3.63, 3.8) is 0 Å². The molecular weight excluding hydrogens is 582 g/mol. The number of nitrogens with one attached hydrogen (secondary N) is 1. The van der Waals surface area contributed by atoms with Crippen molar-refractivity contribution in [1.29, 1.82) is 5.26 Å². The van der Waals surface area contributed by atoms with Crippen LogP contribution in [0, 0.1) is 17.2 Å². The minimum Gasteiger partial charge on any atom is -0.494 e. The average molecular weight is 634 g/mol. The maximum Gasteiger partial charge on any atom is 0.237 e. The summed E-state index contributed by atoms with van der Waals surface area (Å²) >= 11 is 0. The fourth-order valence-corrected chi connectivity index (χ4v) is 7.54. The smallest absolute Gasteiger partial charge is 0.237 e. The van der Waals surface area contributed by atoms with Crippen LogP contribution in [0.5, 0.6) is 5.75 Å².